The lowest BCUT2D eigenvalue weighted by Crippen LogP contribution is -2.13. The summed E-state index contributed by atoms with van der Waals surface area (Å²) in [5, 5.41) is 15.8. The van der Waals surface area contributed by atoms with E-state index >= 15 is 0 Å². The number of oxime groups is 1. The summed E-state index contributed by atoms with van der Waals surface area (Å²) < 4.78 is 12.5. The van der Waals surface area contributed by atoms with E-state index in [4.69, 9.17) is 20.4 Å². The lowest BCUT2D eigenvalue weighted by atomic mass is 10.2. The topological polar surface area (TPSA) is 94.9 Å². The minimum absolute atomic E-state index is 0.00451. The Hall–Kier alpha value is -2.70. The molecule has 0 saturated carbocycles. The van der Waals surface area contributed by atoms with E-state index < -0.39 is 0 Å². The van der Waals surface area contributed by atoms with Crippen LogP contribution >= 0.6 is 0 Å². The summed E-state index contributed by atoms with van der Waals surface area (Å²) in [6.45, 7) is 0.372. The molecule has 0 amide bonds. The third kappa shape index (κ3) is 3.19. The minimum Gasteiger partial charge on any atom is -0.497 e. The first kappa shape index (κ1) is 13.7. The molecule has 1 aromatic heterocycles. The number of hydrogen-bond donors (Lipinski definition) is 2. The van der Waals surface area contributed by atoms with Gasteiger partial charge in [-0.25, -0.2) is 0 Å². The highest BCUT2D eigenvalue weighted by Gasteiger charge is 2.07. The number of ether oxygens (including phenoxy) is 2. The van der Waals surface area contributed by atoms with Gasteiger partial charge in [0.05, 0.1) is 13.3 Å². The van der Waals surface area contributed by atoms with Crippen molar-refractivity contribution in [2.24, 2.45) is 17.9 Å². The minimum atomic E-state index is -0.00451. The molecular formula is C13H16N4O3. The molecule has 20 heavy (non-hydrogen) atoms. The molecule has 3 N–H and O–H groups in total. The Kier molecular flexibility index (Phi) is 4.09. The Labute approximate surface area is 116 Å². The molecule has 2 aromatic rings. The number of amidine groups is 1. The molecule has 0 spiro atoms. The zero-order valence-corrected chi connectivity index (χ0v) is 11.3. The normalized spacial score (nSPS) is 11.4. The van der Waals surface area contributed by atoms with E-state index in [2.05, 4.69) is 10.3 Å². The van der Waals surface area contributed by atoms with Gasteiger partial charge in [-0.15, -0.1) is 0 Å². The van der Waals surface area contributed by atoms with Crippen LogP contribution < -0.4 is 15.2 Å². The van der Waals surface area contributed by atoms with Gasteiger partial charge in [0.15, 0.2) is 5.84 Å². The first-order valence-corrected chi connectivity index (χ1v) is 5.89. The fourth-order valence-corrected chi connectivity index (χ4v) is 1.69. The molecule has 0 saturated heterocycles. The zero-order chi connectivity index (χ0) is 14.5. The van der Waals surface area contributed by atoms with E-state index in [0.717, 1.165) is 5.56 Å². The van der Waals surface area contributed by atoms with Crippen LogP contribution in [0.15, 0.2) is 35.7 Å². The van der Waals surface area contributed by atoms with Crippen molar-refractivity contribution in [2.75, 3.05) is 7.11 Å². The fourth-order valence-electron chi connectivity index (χ4n) is 1.69. The number of benzene rings is 1. The monoisotopic (exact) mass is 276 g/mol. The van der Waals surface area contributed by atoms with Crippen molar-refractivity contribution in [3.63, 3.8) is 0 Å². The van der Waals surface area contributed by atoms with Crippen molar-refractivity contribution in [1.82, 2.24) is 9.78 Å². The molecule has 0 bridgehead atoms. The molecular weight excluding hydrogens is 260 g/mol. The van der Waals surface area contributed by atoms with Crippen molar-refractivity contribution < 1.29 is 14.7 Å². The van der Waals surface area contributed by atoms with Gasteiger partial charge in [-0.2, -0.15) is 5.10 Å². The fraction of sp³-hybridized carbons (Fsp3) is 0.231. The van der Waals surface area contributed by atoms with E-state index in [1.54, 1.807) is 29.1 Å². The summed E-state index contributed by atoms with van der Waals surface area (Å²) in [7, 11) is 3.38. The molecule has 2 rings (SSSR count). The number of nitrogens with two attached hydrogens (primary N) is 1. The molecule has 106 valence electrons. The van der Waals surface area contributed by atoms with E-state index in [-0.39, 0.29) is 5.84 Å². The van der Waals surface area contributed by atoms with Gasteiger partial charge in [-0.05, 0) is 12.1 Å². The summed E-state index contributed by atoms with van der Waals surface area (Å²) in [5.41, 5.74) is 7.04. The summed E-state index contributed by atoms with van der Waals surface area (Å²) in [6.07, 6.45) is 3.59. The summed E-state index contributed by atoms with van der Waals surface area (Å²) in [5.74, 6) is 1.13. The van der Waals surface area contributed by atoms with Gasteiger partial charge in [-0.3, -0.25) is 4.68 Å². The standard InChI is InChI=1S/C13H16N4O3/c1-17-7-9(6-15-17)8-20-12-4-10(13(14)16-18)3-11(5-12)19-2/h3-7,18H,8H2,1-2H3,(H2,14,16). The molecule has 0 atom stereocenters. The van der Waals surface area contributed by atoms with Crippen molar-refractivity contribution >= 4 is 5.84 Å². The van der Waals surface area contributed by atoms with E-state index in [1.165, 1.54) is 7.11 Å². The van der Waals surface area contributed by atoms with Gasteiger partial charge in [0.25, 0.3) is 0 Å². The second-order valence-electron chi connectivity index (χ2n) is 4.19. The third-order valence-electron chi connectivity index (χ3n) is 2.68. The lowest BCUT2D eigenvalue weighted by Gasteiger charge is -2.09. The molecule has 0 fully saturated rings. The molecule has 7 heteroatoms. The average molecular weight is 276 g/mol. The number of nitrogens with zero attached hydrogens (tertiary/aromatic N) is 3. The van der Waals surface area contributed by atoms with Gasteiger partial charge in [0.2, 0.25) is 0 Å². The molecule has 0 radical (unpaired) electrons. The number of rotatable bonds is 5. The predicted octanol–water partition coefficient (Wildman–Crippen LogP) is 1.10. The Morgan fingerprint density at radius 1 is 1.40 bits per heavy atom. The lowest BCUT2D eigenvalue weighted by molar-refractivity contribution is 0.303. The van der Waals surface area contributed by atoms with Gasteiger partial charge in [0, 0.05) is 30.4 Å². The molecule has 0 aliphatic rings. The van der Waals surface area contributed by atoms with Gasteiger partial charge in [-0.1, -0.05) is 5.16 Å². The van der Waals surface area contributed by atoms with Crippen molar-refractivity contribution in [3.05, 3.63) is 41.7 Å². The molecule has 7 nitrogen and oxygen atoms in total. The highest BCUT2D eigenvalue weighted by molar-refractivity contribution is 5.97. The molecule has 0 unspecified atom stereocenters. The summed E-state index contributed by atoms with van der Waals surface area (Å²) >= 11 is 0. The smallest absolute Gasteiger partial charge is 0.170 e. The quantitative estimate of drug-likeness (QED) is 0.369. The van der Waals surface area contributed by atoms with E-state index in [1.807, 2.05) is 13.2 Å². The summed E-state index contributed by atoms with van der Waals surface area (Å²) in [6, 6.07) is 5.06. The van der Waals surface area contributed by atoms with E-state index in [0.29, 0.717) is 23.7 Å². The average Bonchev–Trinajstić information content (AvgIpc) is 2.89. The SMILES string of the molecule is COc1cc(OCc2cnn(C)c2)cc(/C(N)=N/O)c1. The Morgan fingerprint density at radius 3 is 2.75 bits per heavy atom. The highest BCUT2D eigenvalue weighted by atomic mass is 16.5. The number of hydrogen-bond acceptors (Lipinski definition) is 5. The van der Waals surface area contributed by atoms with Crippen LogP contribution in [0, 0.1) is 0 Å². The maximum Gasteiger partial charge on any atom is 0.170 e. The molecule has 0 aliphatic heterocycles. The van der Waals surface area contributed by atoms with Crippen LogP contribution in [-0.4, -0.2) is 27.9 Å². The molecule has 1 aromatic carbocycles. The molecule has 1 heterocycles. The maximum absolute atomic E-state index is 8.72. The van der Waals surface area contributed by atoms with Crippen LogP contribution in [0.1, 0.15) is 11.1 Å². The van der Waals surface area contributed by atoms with Crippen LogP contribution in [0.3, 0.4) is 0 Å². The first-order chi connectivity index (χ1) is 9.62. The van der Waals surface area contributed by atoms with Crippen molar-refractivity contribution in [3.8, 4) is 11.5 Å². The second-order valence-corrected chi connectivity index (χ2v) is 4.19. The van der Waals surface area contributed by atoms with Crippen LogP contribution in [0.25, 0.3) is 0 Å². The van der Waals surface area contributed by atoms with Gasteiger partial charge in [0.1, 0.15) is 18.1 Å². The van der Waals surface area contributed by atoms with Crippen molar-refractivity contribution in [2.45, 2.75) is 6.61 Å². The largest absolute Gasteiger partial charge is 0.497 e. The predicted molar refractivity (Wildman–Crippen MR) is 73.0 cm³/mol. The van der Waals surface area contributed by atoms with Gasteiger partial charge >= 0.3 is 0 Å². The van der Waals surface area contributed by atoms with Crippen molar-refractivity contribution in [1.29, 1.82) is 0 Å². The third-order valence-corrected chi connectivity index (χ3v) is 2.68. The van der Waals surface area contributed by atoms with Crippen LogP contribution in [0.4, 0.5) is 0 Å². The van der Waals surface area contributed by atoms with Gasteiger partial charge < -0.3 is 20.4 Å². The maximum atomic E-state index is 8.72. The van der Waals surface area contributed by atoms with Crippen LogP contribution in [0.5, 0.6) is 11.5 Å². The van der Waals surface area contributed by atoms with Crippen LogP contribution in [0.2, 0.25) is 0 Å². The number of methoxy groups -OCH3 is 1. The zero-order valence-electron chi connectivity index (χ0n) is 11.3. The highest BCUT2D eigenvalue weighted by Crippen LogP contribution is 2.23. The Bertz CT molecular complexity index is 622. The molecule has 0 aliphatic carbocycles. The number of aryl methyl sites for hydroxylation is 1. The second kappa shape index (κ2) is 5.96. The Balaban J connectivity index is 2.18. The van der Waals surface area contributed by atoms with Crippen LogP contribution in [-0.2, 0) is 13.7 Å². The summed E-state index contributed by atoms with van der Waals surface area (Å²) in [4.78, 5) is 0. The first-order valence-electron chi connectivity index (χ1n) is 5.89. The Morgan fingerprint density at radius 2 is 2.15 bits per heavy atom. The van der Waals surface area contributed by atoms with E-state index in [9.17, 15) is 0 Å². The number of aromatic nitrogens is 2.